The van der Waals surface area contributed by atoms with Crippen molar-refractivity contribution in [1.29, 1.82) is 0 Å². The summed E-state index contributed by atoms with van der Waals surface area (Å²) in [7, 11) is 0. The second-order valence-corrected chi connectivity index (χ2v) is 6.42. The molecule has 0 aliphatic rings. The molecular weight excluding hydrogens is 328 g/mol. The fraction of sp³-hybridized carbons (Fsp3) is 0.286. The number of esters is 1. The van der Waals surface area contributed by atoms with Gasteiger partial charge in [0.15, 0.2) is 0 Å². The average Bonchev–Trinajstić information content (AvgIpc) is 2.65. The Labute approximate surface area is 152 Å². The van der Waals surface area contributed by atoms with Gasteiger partial charge in [-0.3, -0.25) is 14.0 Å². The minimum absolute atomic E-state index is 0.00371. The zero-order valence-corrected chi connectivity index (χ0v) is 15.0. The molecule has 0 saturated carbocycles. The molecule has 3 rings (SSSR count). The topological polar surface area (TPSA) is 60.7 Å². The highest BCUT2D eigenvalue weighted by Gasteiger charge is 2.19. The first kappa shape index (κ1) is 17.9. The number of hydrogen-bond acceptors (Lipinski definition) is 4. The molecule has 0 radical (unpaired) electrons. The fourth-order valence-corrected chi connectivity index (χ4v) is 2.89. The lowest BCUT2D eigenvalue weighted by atomic mass is 9.97. The van der Waals surface area contributed by atoms with Crippen LogP contribution in [0, 0.1) is 12.8 Å². The molecule has 5 heteroatoms. The van der Waals surface area contributed by atoms with Gasteiger partial charge in [-0.25, -0.2) is 4.98 Å². The van der Waals surface area contributed by atoms with Gasteiger partial charge >= 0.3 is 5.97 Å². The smallest absolute Gasteiger partial charge is 0.309 e. The van der Waals surface area contributed by atoms with Crippen LogP contribution >= 0.6 is 0 Å². The van der Waals surface area contributed by atoms with Gasteiger partial charge in [-0.2, -0.15) is 0 Å². The van der Waals surface area contributed by atoms with Crippen LogP contribution in [0.2, 0.25) is 0 Å². The van der Waals surface area contributed by atoms with Crippen molar-refractivity contribution in [3.63, 3.8) is 0 Å². The molecule has 0 bridgehead atoms. The Morgan fingerprint density at radius 3 is 2.69 bits per heavy atom. The van der Waals surface area contributed by atoms with Crippen LogP contribution in [0.1, 0.15) is 30.2 Å². The minimum atomic E-state index is -0.262. The molecule has 0 N–H and O–H groups in total. The van der Waals surface area contributed by atoms with Crippen LogP contribution in [0.25, 0.3) is 5.65 Å². The van der Waals surface area contributed by atoms with Crippen molar-refractivity contribution in [1.82, 2.24) is 9.38 Å². The van der Waals surface area contributed by atoms with Gasteiger partial charge in [-0.15, -0.1) is 0 Å². The average molecular weight is 350 g/mol. The van der Waals surface area contributed by atoms with Gasteiger partial charge in [-0.1, -0.05) is 43.3 Å². The number of aromatic nitrogens is 2. The van der Waals surface area contributed by atoms with Crippen LogP contribution in [0.3, 0.4) is 0 Å². The summed E-state index contributed by atoms with van der Waals surface area (Å²) in [5.74, 6) is -0.469. The minimum Gasteiger partial charge on any atom is -0.459 e. The van der Waals surface area contributed by atoms with Crippen molar-refractivity contribution in [3.05, 3.63) is 81.9 Å². The largest absolute Gasteiger partial charge is 0.459 e. The summed E-state index contributed by atoms with van der Waals surface area (Å²) in [5, 5.41) is 0. The molecule has 0 saturated heterocycles. The van der Waals surface area contributed by atoms with Gasteiger partial charge < -0.3 is 4.74 Å². The van der Waals surface area contributed by atoms with E-state index in [0.717, 1.165) is 11.1 Å². The van der Waals surface area contributed by atoms with Crippen molar-refractivity contribution in [2.45, 2.75) is 33.3 Å². The van der Waals surface area contributed by atoms with Crippen molar-refractivity contribution >= 4 is 11.6 Å². The number of ether oxygens (including phenoxy) is 1. The number of rotatable bonds is 6. The quantitative estimate of drug-likeness (QED) is 0.640. The Kier molecular flexibility index (Phi) is 5.46. The number of aryl methyl sites for hydroxylation is 1. The Morgan fingerprint density at radius 2 is 1.96 bits per heavy atom. The molecule has 0 aliphatic carbocycles. The molecular formula is C21H22N2O3. The second kappa shape index (κ2) is 7.95. The zero-order chi connectivity index (χ0) is 18.5. The van der Waals surface area contributed by atoms with Gasteiger partial charge in [0.1, 0.15) is 12.3 Å². The molecule has 0 fully saturated rings. The summed E-state index contributed by atoms with van der Waals surface area (Å²) in [6.45, 7) is 3.89. The standard InChI is InChI=1S/C21H22N2O3/c1-3-17(11-16-7-5-4-6-8-16)21(25)26-14-18-12-20(24)23-13-15(2)9-10-19(23)22-18/h4-10,12-13,17H,3,11,14H2,1-2H3. The molecule has 0 spiro atoms. The SMILES string of the molecule is CCC(Cc1ccccc1)C(=O)OCc1cc(=O)n2cc(C)ccc2n1. The van der Waals surface area contributed by atoms with Gasteiger partial charge in [0, 0.05) is 12.3 Å². The molecule has 0 aliphatic heterocycles. The number of carbonyl (C=O) groups is 1. The zero-order valence-electron chi connectivity index (χ0n) is 15.0. The van der Waals surface area contributed by atoms with Crippen LogP contribution in [-0.2, 0) is 22.6 Å². The van der Waals surface area contributed by atoms with Gasteiger partial charge in [0.05, 0.1) is 11.6 Å². The maximum Gasteiger partial charge on any atom is 0.309 e. The molecule has 1 atom stereocenters. The maximum atomic E-state index is 12.4. The molecule has 1 unspecified atom stereocenters. The van der Waals surface area contributed by atoms with Crippen molar-refractivity contribution in [3.8, 4) is 0 Å². The lowest BCUT2D eigenvalue weighted by molar-refractivity contribution is -0.150. The highest BCUT2D eigenvalue weighted by molar-refractivity contribution is 5.72. The molecule has 3 aromatic rings. The second-order valence-electron chi connectivity index (χ2n) is 6.42. The third-order valence-corrected chi connectivity index (χ3v) is 4.37. The highest BCUT2D eigenvalue weighted by Crippen LogP contribution is 2.15. The first-order valence-electron chi connectivity index (χ1n) is 8.76. The Bertz CT molecular complexity index is 964. The van der Waals surface area contributed by atoms with Crippen LogP contribution < -0.4 is 5.56 Å². The maximum absolute atomic E-state index is 12.4. The first-order valence-corrected chi connectivity index (χ1v) is 8.76. The lowest BCUT2D eigenvalue weighted by Gasteiger charge is -2.14. The summed E-state index contributed by atoms with van der Waals surface area (Å²) in [4.78, 5) is 29.0. The monoisotopic (exact) mass is 350 g/mol. The Balaban J connectivity index is 1.69. The van der Waals surface area contributed by atoms with E-state index >= 15 is 0 Å². The molecule has 2 aromatic heterocycles. The predicted molar refractivity (Wildman–Crippen MR) is 99.9 cm³/mol. The first-order chi connectivity index (χ1) is 12.6. The predicted octanol–water partition coefficient (Wildman–Crippen LogP) is 3.32. The lowest BCUT2D eigenvalue weighted by Crippen LogP contribution is -2.21. The Hall–Kier alpha value is -2.95. The molecule has 5 nitrogen and oxygen atoms in total. The van der Waals surface area contributed by atoms with E-state index in [4.69, 9.17) is 4.74 Å². The van der Waals surface area contributed by atoms with E-state index in [-0.39, 0.29) is 24.1 Å². The van der Waals surface area contributed by atoms with Crippen LogP contribution in [0.5, 0.6) is 0 Å². The number of fused-ring (bicyclic) bond motifs is 1. The van der Waals surface area contributed by atoms with E-state index in [0.29, 0.717) is 24.2 Å². The van der Waals surface area contributed by atoms with Crippen molar-refractivity contribution in [2.75, 3.05) is 0 Å². The van der Waals surface area contributed by atoms with E-state index in [1.165, 1.54) is 10.5 Å². The molecule has 0 amide bonds. The summed E-state index contributed by atoms with van der Waals surface area (Å²) in [6, 6.07) is 15.0. The number of nitrogens with zero attached hydrogens (tertiary/aromatic N) is 2. The summed E-state index contributed by atoms with van der Waals surface area (Å²) in [5.41, 5.74) is 2.91. The van der Waals surface area contributed by atoms with E-state index in [2.05, 4.69) is 4.98 Å². The van der Waals surface area contributed by atoms with Crippen LogP contribution in [-0.4, -0.2) is 15.4 Å². The normalized spacial score (nSPS) is 12.1. The van der Waals surface area contributed by atoms with E-state index < -0.39 is 0 Å². The van der Waals surface area contributed by atoms with Gasteiger partial charge in [0.25, 0.3) is 5.56 Å². The van der Waals surface area contributed by atoms with E-state index in [9.17, 15) is 9.59 Å². The van der Waals surface area contributed by atoms with Gasteiger partial charge in [0.2, 0.25) is 0 Å². The molecule has 2 heterocycles. The number of hydrogen-bond donors (Lipinski definition) is 0. The van der Waals surface area contributed by atoms with Crippen LogP contribution in [0.15, 0.2) is 59.5 Å². The van der Waals surface area contributed by atoms with Crippen LogP contribution in [0.4, 0.5) is 0 Å². The fourth-order valence-electron chi connectivity index (χ4n) is 2.89. The number of pyridine rings is 1. The summed E-state index contributed by atoms with van der Waals surface area (Å²) < 4.78 is 6.92. The number of benzene rings is 1. The van der Waals surface area contributed by atoms with Crippen molar-refractivity contribution < 1.29 is 9.53 Å². The van der Waals surface area contributed by atoms with E-state index in [1.807, 2.05) is 50.2 Å². The molecule has 26 heavy (non-hydrogen) atoms. The third kappa shape index (κ3) is 4.17. The third-order valence-electron chi connectivity index (χ3n) is 4.37. The molecule has 1 aromatic carbocycles. The van der Waals surface area contributed by atoms with Crippen molar-refractivity contribution in [2.24, 2.45) is 5.92 Å². The summed E-state index contributed by atoms with van der Waals surface area (Å²) >= 11 is 0. The summed E-state index contributed by atoms with van der Waals surface area (Å²) in [6.07, 6.45) is 3.08. The molecule has 134 valence electrons. The highest BCUT2D eigenvalue weighted by atomic mass is 16.5. The van der Waals surface area contributed by atoms with E-state index in [1.54, 1.807) is 12.3 Å². The van der Waals surface area contributed by atoms with Gasteiger partial charge in [-0.05, 0) is 37.0 Å². The number of carbonyl (C=O) groups excluding carboxylic acids is 1. The Morgan fingerprint density at radius 1 is 1.19 bits per heavy atom.